The number of halogens is 2. The van der Waals surface area contributed by atoms with Crippen LogP contribution in [-0.4, -0.2) is 52.6 Å². The van der Waals surface area contributed by atoms with Gasteiger partial charge in [-0.3, -0.25) is 4.79 Å². The maximum absolute atomic E-state index is 13.2. The summed E-state index contributed by atoms with van der Waals surface area (Å²) in [5.74, 6) is -0.643. The van der Waals surface area contributed by atoms with Gasteiger partial charge in [-0.15, -0.1) is 0 Å². The van der Waals surface area contributed by atoms with E-state index in [1.165, 1.54) is 28.9 Å². The molecule has 152 valence electrons. The second-order valence-corrected chi connectivity index (χ2v) is 10.4. The van der Waals surface area contributed by atoms with Crippen LogP contribution in [0.4, 0.5) is 4.39 Å². The van der Waals surface area contributed by atoms with Crippen molar-refractivity contribution < 1.29 is 17.6 Å². The van der Waals surface area contributed by atoms with Crippen molar-refractivity contribution in [2.24, 2.45) is 0 Å². The maximum Gasteiger partial charge on any atom is 0.258 e. The summed E-state index contributed by atoms with van der Waals surface area (Å²) in [5.41, 5.74) is 1.31. The molecule has 0 unspecified atom stereocenters. The molecule has 3 rings (SSSR count). The Bertz CT molecular complexity index is 979. The molecule has 1 amide bonds. The molecule has 0 N–H and O–H groups in total. The predicted octanol–water partition coefficient (Wildman–Crippen LogP) is 3.40. The quantitative estimate of drug-likeness (QED) is 0.749. The van der Waals surface area contributed by atoms with Gasteiger partial charge in [-0.05, 0) is 57.9 Å². The molecule has 2 aromatic rings. The fraction of sp³-hybridized carbons (Fsp3) is 0.474. The van der Waals surface area contributed by atoms with Gasteiger partial charge in [0, 0.05) is 13.1 Å². The van der Waals surface area contributed by atoms with Crippen molar-refractivity contribution in [2.75, 3.05) is 13.1 Å². The molecule has 0 spiro atoms. The van der Waals surface area contributed by atoms with E-state index in [-0.39, 0.29) is 22.4 Å². The molecule has 28 heavy (non-hydrogen) atoms. The molecule has 0 atom stereocenters. The highest BCUT2D eigenvalue weighted by Gasteiger charge is 2.35. The highest BCUT2D eigenvalue weighted by atomic mass is 35.5. The van der Waals surface area contributed by atoms with Gasteiger partial charge in [0.15, 0.2) is 9.84 Å². The average molecular weight is 428 g/mol. The molecule has 0 aliphatic carbocycles. The molecule has 9 heteroatoms. The number of aryl methyl sites for hydroxylation is 1. The van der Waals surface area contributed by atoms with Crippen LogP contribution in [-0.2, 0) is 9.84 Å². The predicted molar refractivity (Wildman–Crippen MR) is 106 cm³/mol. The van der Waals surface area contributed by atoms with E-state index in [1.807, 2.05) is 0 Å². The molecule has 0 bridgehead atoms. The molecule has 1 aromatic heterocycles. The summed E-state index contributed by atoms with van der Waals surface area (Å²) >= 11 is 6.42. The van der Waals surface area contributed by atoms with Crippen molar-refractivity contribution in [3.05, 3.63) is 46.5 Å². The lowest BCUT2D eigenvalue weighted by Crippen LogP contribution is -2.44. The summed E-state index contributed by atoms with van der Waals surface area (Å²) in [6.45, 7) is 5.76. The minimum Gasteiger partial charge on any atom is -0.338 e. The van der Waals surface area contributed by atoms with E-state index in [1.54, 1.807) is 25.7 Å². The number of rotatable bonds is 4. The normalized spacial score (nSPS) is 16.0. The Morgan fingerprint density at radius 2 is 1.79 bits per heavy atom. The number of amides is 1. The van der Waals surface area contributed by atoms with Crippen molar-refractivity contribution >= 4 is 27.3 Å². The smallest absolute Gasteiger partial charge is 0.258 e. The average Bonchev–Trinajstić information content (AvgIpc) is 2.96. The van der Waals surface area contributed by atoms with Crippen LogP contribution in [0.25, 0.3) is 5.69 Å². The first-order valence-electron chi connectivity index (χ1n) is 9.16. The molecular weight excluding hydrogens is 405 g/mol. The molecule has 1 aliphatic rings. The zero-order valence-electron chi connectivity index (χ0n) is 16.0. The molecule has 1 aliphatic heterocycles. The van der Waals surface area contributed by atoms with E-state index in [4.69, 9.17) is 11.6 Å². The van der Waals surface area contributed by atoms with E-state index < -0.39 is 20.3 Å². The van der Waals surface area contributed by atoms with Crippen molar-refractivity contribution in [1.82, 2.24) is 14.7 Å². The van der Waals surface area contributed by atoms with Crippen LogP contribution in [0.5, 0.6) is 0 Å². The zero-order chi connectivity index (χ0) is 20.6. The van der Waals surface area contributed by atoms with Crippen LogP contribution in [0.3, 0.4) is 0 Å². The first kappa shape index (κ1) is 20.8. The number of aromatic nitrogens is 2. The van der Waals surface area contributed by atoms with Crippen molar-refractivity contribution in [3.63, 3.8) is 0 Å². The van der Waals surface area contributed by atoms with Crippen LogP contribution in [0.15, 0.2) is 24.3 Å². The van der Waals surface area contributed by atoms with Crippen LogP contribution in [0.1, 0.15) is 42.7 Å². The van der Waals surface area contributed by atoms with Crippen LogP contribution in [0, 0.1) is 12.7 Å². The lowest BCUT2D eigenvalue weighted by molar-refractivity contribution is 0.0725. The van der Waals surface area contributed by atoms with Gasteiger partial charge in [-0.1, -0.05) is 11.6 Å². The number of hydrogen-bond acceptors (Lipinski definition) is 4. The molecule has 0 radical (unpaired) electrons. The van der Waals surface area contributed by atoms with Crippen LogP contribution in [0.2, 0.25) is 5.15 Å². The van der Waals surface area contributed by atoms with Gasteiger partial charge in [0.25, 0.3) is 5.91 Å². The van der Waals surface area contributed by atoms with Gasteiger partial charge in [-0.2, -0.15) is 5.10 Å². The fourth-order valence-electron chi connectivity index (χ4n) is 3.43. The number of hydrogen-bond donors (Lipinski definition) is 0. The van der Waals surface area contributed by atoms with Gasteiger partial charge in [0.2, 0.25) is 0 Å². The standard InChI is InChI=1S/C19H23ClFN3O3S/c1-12(2)28(26,27)16-8-10-23(11-9-16)19(25)17-13(3)22-24(18(17)20)15-6-4-14(21)5-7-15/h4-7,12,16H,8-11H2,1-3H3. The van der Waals surface area contributed by atoms with E-state index in [9.17, 15) is 17.6 Å². The largest absolute Gasteiger partial charge is 0.338 e. The van der Waals surface area contributed by atoms with Crippen molar-refractivity contribution in [3.8, 4) is 5.69 Å². The fourth-order valence-corrected chi connectivity index (χ4v) is 5.42. The number of carbonyl (C=O) groups excluding carboxylic acids is 1. The first-order valence-corrected chi connectivity index (χ1v) is 11.1. The van der Waals surface area contributed by atoms with Gasteiger partial charge < -0.3 is 4.90 Å². The first-order chi connectivity index (χ1) is 13.1. The van der Waals surface area contributed by atoms with Gasteiger partial charge >= 0.3 is 0 Å². The lowest BCUT2D eigenvalue weighted by atomic mass is 10.1. The molecule has 2 heterocycles. The summed E-state index contributed by atoms with van der Waals surface area (Å²) in [7, 11) is -3.18. The molecule has 6 nitrogen and oxygen atoms in total. The summed E-state index contributed by atoms with van der Waals surface area (Å²) in [5, 5.41) is 3.63. The Kier molecular flexibility index (Phi) is 5.82. The SMILES string of the molecule is Cc1nn(-c2ccc(F)cc2)c(Cl)c1C(=O)N1CCC(S(=O)(=O)C(C)C)CC1. The van der Waals surface area contributed by atoms with E-state index in [0.717, 1.165) is 0 Å². The maximum atomic E-state index is 13.2. The monoisotopic (exact) mass is 427 g/mol. The number of piperidine rings is 1. The van der Waals surface area contributed by atoms with E-state index in [0.29, 0.717) is 37.3 Å². The van der Waals surface area contributed by atoms with Gasteiger partial charge in [-0.25, -0.2) is 17.5 Å². The Labute approximate surface area is 169 Å². The number of sulfone groups is 1. The molecular formula is C19H23ClFN3O3S. The number of likely N-dealkylation sites (tertiary alicyclic amines) is 1. The Morgan fingerprint density at radius 3 is 2.32 bits per heavy atom. The zero-order valence-corrected chi connectivity index (χ0v) is 17.6. The molecule has 1 aromatic carbocycles. The summed E-state index contributed by atoms with van der Waals surface area (Å²) in [6, 6.07) is 5.66. The van der Waals surface area contributed by atoms with E-state index >= 15 is 0 Å². The van der Waals surface area contributed by atoms with Crippen LogP contribution >= 0.6 is 11.6 Å². The highest BCUT2D eigenvalue weighted by Crippen LogP contribution is 2.28. The van der Waals surface area contributed by atoms with Gasteiger partial charge in [0.05, 0.1) is 27.4 Å². The number of carbonyl (C=O) groups is 1. The Balaban J connectivity index is 1.80. The molecule has 1 saturated heterocycles. The highest BCUT2D eigenvalue weighted by molar-refractivity contribution is 7.92. The topological polar surface area (TPSA) is 72.3 Å². The summed E-state index contributed by atoms with van der Waals surface area (Å²) in [6.07, 6.45) is 0.823. The summed E-state index contributed by atoms with van der Waals surface area (Å²) in [4.78, 5) is 14.6. The van der Waals surface area contributed by atoms with Crippen LogP contribution < -0.4 is 0 Å². The minimum atomic E-state index is -3.18. The minimum absolute atomic E-state index is 0.158. The summed E-state index contributed by atoms with van der Waals surface area (Å²) < 4.78 is 39.3. The molecule has 0 saturated carbocycles. The van der Waals surface area contributed by atoms with E-state index in [2.05, 4.69) is 5.10 Å². The number of benzene rings is 1. The molecule has 1 fully saturated rings. The number of nitrogens with zero attached hydrogens (tertiary/aromatic N) is 3. The van der Waals surface area contributed by atoms with Crippen molar-refractivity contribution in [1.29, 1.82) is 0 Å². The second-order valence-electron chi connectivity index (χ2n) is 7.27. The second kappa shape index (κ2) is 7.83. The third-order valence-corrected chi connectivity index (χ3v) is 8.20. The van der Waals surface area contributed by atoms with Crippen molar-refractivity contribution in [2.45, 2.75) is 44.1 Å². The third kappa shape index (κ3) is 3.80. The Morgan fingerprint density at radius 1 is 1.21 bits per heavy atom. The third-order valence-electron chi connectivity index (χ3n) is 5.14. The lowest BCUT2D eigenvalue weighted by Gasteiger charge is -2.32. The van der Waals surface area contributed by atoms with Gasteiger partial charge in [0.1, 0.15) is 11.0 Å². The Hall–Kier alpha value is -1.93.